The van der Waals surface area contributed by atoms with Gasteiger partial charge in [-0.25, -0.2) is 0 Å². The Kier molecular flexibility index (Phi) is 6.33. The fourth-order valence-corrected chi connectivity index (χ4v) is 2.65. The van der Waals surface area contributed by atoms with Gasteiger partial charge in [0, 0.05) is 39.8 Å². The van der Waals surface area contributed by atoms with Gasteiger partial charge in [0.1, 0.15) is 0 Å². The van der Waals surface area contributed by atoms with Crippen LogP contribution in [0.2, 0.25) is 0 Å². The van der Waals surface area contributed by atoms with Crippen molar-refractivity contribution in [2.75, 3.05) is 56.2 Å². The van der Waals surface area contributed by atoms with E-state index in [9.17, 15) is 0 Å². The average Bonchev–Trinajstić information content (AvgIpc) is 2.48. The summed E-state index contributed by atoms with van der Waals surface area (Å²) in [5.41, 5.74) is 2.70. The lowest BCUT2D eigenvalue weighted by atomic mass is 10.2. The first-order chi connectivity index (χ1) is 10.2. The van der Waals surface area contributed by atoms with E-state index in [1.54, 1.807) is 0 Å². The van der Waals surface area contributed by atoms with E-state index < -0.39 is 0 Å². The number of fused-ring (bicyclic) bond motifs is 1. The zero-order valence-electron chi connectivity index (χ0n) is 13.6. The third-order valence-corrected chi connectivity index (χ3v) is 3.85. The molecule has 1 heterocycles. The minimum absolute atomic E-state index is 0.340. The highest BCUT2D eigenvalue weighted by Crippen LogP contribution is 2.31. The largest absolute Gasteiger partial charge is 0.379 e. The van der Waals surface area contributed by atoms with Gasteiger partial charge in [0.2, 0.25) is 0 Å². The Labute approximate surface area is 129 Å². The molecule has 0 spiro atoms. The summed E-state index contributed by atoms with van der Waals surface area (Å²) >= 11 is 0. The van der Waals surface area contributed by atoms with E-state index >= 15 is 0 Å². The smallest absolute Gasteiger partial charge is 0.0605 e. The third kappa shape index (κ3) is 4.90. The monoisotopic (exact) mass is 291 g/mol. The van der Waals surface area contributed by atoms with Gasteiger partial charge in [-0.3, -0.25) is 0 Å². The molecule has 21 heavy (non-hydrogen) atoms. The molecule has 0 aromatic heterocycles. The number of likely N-dealkylation sites (N-methyl/N-ethyl adjacent to an activating group) is 1. The molecule has 4 heteroatoms. The summed E-state index contributed by atoms with van der Waals surface area (Å²) in [5.74, 6) is 0. The molecule has 4 nitrogen and oxygen atoms in total. The molecule has 0 fully saturated rings. The van der Waals surface area contributed by atoms with Crippen molar-refractivity contribution in [3.8, 4) is 0 Å². The van der Waals surface area contributed by atoms with Gasteiger partial charge >= 0.3 is 0 Å². The molecule has 0 radical (unpaired) electrons. The number of hydrogen-bond acceptors (Lipinski definition) is 4. The quantitative estimate of drug-likeness (QED) is 0.744. The molecular formula is C17H29N3O. The van der Waals surface area contributed by atoms with Crippen LogP contribution >= 0.6 is 0 Å². The van der Waals surface area contributed by atoms with Crippen LogP contribution in [0, 0.1) is 0 Å². The SMILES string of the molecule is CC(C)OCCCNCCN1CCN(C)c2ccccc21. The van der Waals surface area contributed by atoms with Crippen LogP contribution in [0.1, 0.15) is 20.3 Å². The molecule has 0 aliphatic carbocycles. The van der Waals surface area contributed by atoms with Gasteiger partial charge in [0.05, 0.1) is 17.5 Å². The van der Waals surface area contributed by atoms with Gasteiger partial charge in [-0.15, -0.1) is 0 Å². The van der Waals surface area contributed by atoms with E-state index in [1.165, 1.54) is 11.4 Å². The van der Waals surface area contributed by atoms with Crippen LogP contribution in [0.25, 0.3) is 0 Å². The first-order valence-corrected chi connectivity index (χ1v) is 8.06. The van der Waals surface area contributed by atoms with Crippen molar-refractivity contribution in [1.29, 1.82) is 0 Å². The lowest BCUT2D eigenvalue weighted by Gasteiger charge is -2.37. The maximum Gasteiger partial charge on any atom is 0.0605 e. The molecule has 1 aliphatic rings. The Morgan fingerprint density at radius 3 is 2.67 bits per heavy atom. The molecule has 1 aromatic rings. The minimum atomic E-state index is 0.340. The van der Waals surface area contributed by atoms with Gasteiger partial charge in [0.25, 0.3) is 0 Å². The summed E-state index contributed by atoms with van der Waals surface area (Å²) in [6.07, 6.45) is 1.42. The molecule has 0 saturated carbocycles. The first kappa shape index (κ1) is 16.1. The fraction of sp³-hybridized carbons (Fsp3) is 0.647. The molecular weight excluding hydrogens is 262 g/mol. The summed E-state index contributed by atoms with van der Waals surface area (Å²) < 4.78 is 5.54. The summed E-state index contributed by atoms with van der Waals surface area (Å²) in [6.45, 7) is 10.3. The average molecular weight is 291 g/mol. The lowest BCUT2D eigenvalue weighted by molar-refractivity contribution is 0.0771. The summed E-state index contributed by atoms with van der Waals surface area (Å²) in [5, 5.41) is 3.51. The van der Waals surface area contributed by atoms with Gasteiger partial charge in [-0.2, -0.15) is 0 Å². The predicted molar refractivity (Wildman–Crippen MR) is 90.5 cm³/mol. The number of para-hydroxylation sites is 2. The van der Waals surface area contributed by atoms with Crippen molar-refractivity contribution >= 4 is 11.4 Å². The Morgan fingerprint density at radius 1 is 1.14 bits per heavy atom. The van der Waals surface area contributed by atoms with Gasteiger partial charge < -0.3 is 19.9 Å². The second kappa shape index (κ2) is 8.25. The van der Waals surface area contributed by atoms with Crippen molar-refractivity contribution in [2.45, 2.75) is 26.4 Å². The zero-order chi connectivity index (χ0) is 15.1. The Hall–Kier alpha value is -1.26. The van der Waals surface area contributed by atoms with Crippen molar-refractivity contribution in [3.05, 3.63) is 24.3 Å². The van der Waals surface area contributed by atoms with Gasteiger partial charge in [0.15, 0.2) is 0 Å². The van der Waals surface area contributed by atoms with Gasteiger partial charge in [-0.1, -0.05) is 12.1 Å². The molecule has 0 amide bonds. The summed E-state index contributed by atoms with van der Waals surface area (Å²) in [4.78, 5) is 4.81. The predicted octanol–water partition coefficient (Wildman–Crippen LogP) is 2.35. The third-order valence-electron chi connectivity index (χ3n) is 3.85. The van der Waals surface area contributed by atoms with E-state index in [-0.39, 0.29) is 0 Å². The Balaban J connectivity index is 1.69. The van der Waals surface area contributed by atoms with Crippen LogP contribution in [0.3, 0.4) is 0 Å². The normalized spacial score (nSPS) is 14.7. The highest BCUT2D eigenvalue weighted by Gasteiger charge is 2.18. The first-order valence-electron chi connectivity index (χ1n) is 8.06. The standard InChI is InChI=1S/C17H29N3O/c1-15(2)21-14-6-9-18-10-11-20-13-12-19(3)16-7-4-5-8-17(16)20/h4-5,7-8,15,18H,6,9-14H2,1-3H3. The zero-order valence-corrected chi connectivity index (χ0v) is 13.6. The lowest BCUT2D eigenvalue weighted by Crippen LogP contribution is -2.42. The molecule has 1 aliphatic heterocycles. The number of hydrogen-bond donors (Lipinski definition) is 1. The molecule has 1 aromatic carbocycles. The van der Waals surface area contributed by atoms with Crippen LogP contribution in [0.4, 0.5) is 11.4 Å². The fourth-order valence-electron chi connectivity index (χ4n) is 2.65. The maximum atomic E-state index is 5.54. The molecule has 0 saturated heterocycles. The maximum absolute atomic E-state index is 5.54. The number of nitrogens with one attached hydrogen (secondary N) is 1. The second-order valence-electron chi connectivity index (χ2n) is 5.92. The van der Waals surface area contributed by atoms with E-state index in [1.807, 2.05) is 0 Å². The Morgan fingerprint density at radius 2 is 1.90 bits per heavy atom. The van der Waals surface area contributed by atoms with Crippen molar-refractivity contribution < 1.29 is 4.74 Å². The van der Waals surface area contributed by atoms with Gasteiger partial charge in [-0.05, 0) is 38.9 Å². The summed E-state index contributed by atoms with van der Waals surface area (Å²) in [7, 11) is 2.17. The van der Waals surface area contributed by atoms with Crippen LogP contribution in [0.5, 0.6) is 0 Å². The second-order valence-corrected chi connectivity index (χ2v) is 5.92. The molecule has 0 bridgehead atoms. The molecule has 0 unspecified atom stereocenters. The van der Waals surface area contributed by atoms with E-state index in [0.717, 1.165) is 45.8 Å². The van der Waals surface area contributed by atoms with E-state index in [4.69, 9.17) is 4.74 Å². The summed E-state index contributed by atoms with van der Waals surface area (Å²) in [6, 6.07) is 8.67. The molecule has 2 rings (SSSR count). The van der Waals surface area contributed by atoms with Crippen LogP contribution in [-0.4, -0.2) is 52.5 Å². The molecule has 118 valence electrons. The number of ether oxygens (including phenoxy) is 1. The van der Waals surface area contributed by atoms with Crippen molar-refractivity contribution in [2.24, 2.45) is 0 Å². The van der Waals surface area contributed by atoms with E-state index in [2.05, 4.69) is 60.3 Å². The minimum Gasteiger partial charge on any atom is -0.379 e. The number of rotatable bonds is 8. The van der Waals surface area contributed by atoms with Crippen LogP contribution < -0.4 is 15.1 Å². The molecule has 0 atom stereocenters. The van der Waals surface area contributed by atoms with E-state index in [0.29, 0.717) is 6.10 Å². The number of anilines is 2. The number of benzene rings is 1. The van der Waals surface area contributed by atoms with Crippen molar-refractivity contribution in [3.63, 3.8) is 0 Å². The van der Waals surface area contributed by atoms with Crippen LogP contribution in [-0.2, 0) is 4.74 Å². The molecule has 1 N–H and O–H groups in total. The highest BCUT2D eigenvalue weighted by atomic mass is 16.5. The highest BCUT2D eigenvalue weighted by molar-refractivity contribution is 5.73. The van der Waals surface area contributed by atoms with Crippen molar-refractivity contribution in [1.82, 2.24) is 5.32 Å². The number of nitrogens with zero attached hydrogens (tertiary/aromatic N) is 2. The van der Waals surface area contributed by atoms with Crippen LogP contribution in [0.15, 0.2) is 24.3 Å². The topological polar surface area (TPSA) is 27.7 Å². The Bertz CT molecular complexity index is 422.